The van der Waals surface area contributed by atoms with Crippen LogP contribution in [0.3, 0.4) is 0 Å². The van der Waals surface area contributed by atoms with Gasteiger partial charge in [-0.15, -0.1) is 0 Å². The molecular weight excluding hydrogens is 368 g/mol. The molecule has 0 bridgehead atoms. The van der Waals surface area contributed by atoms with Gasteiger partial charge in [0.1, 0.15) is 5.56 Å². The van der Waals surface area contributed by atoms with Crippen LogP contribution in [0, 0.1) is 0 Å². The van der Waals surface area contributed by atoms with Crippen molar-refractivity contribution in [3.8, 4) is 0 Å². The van der Waals surface area contributed by atoms with Crippen molar-refractivity contribution in [2.45, 2.75) is 13.5 Å². The summed E-state index contributed by atoms with van der Waals surface area (Å²) >= 11 is 6.01. The summed E-state index contributed by atoms with van der Waals surface area (Å²) < 4.78 is 6.46. The first-order valence-corrected chi connectivity index (χ1v) is 8.64. The minimum absolute atomic E-state index is 0.0173. The van der Waals surface area contributed by atoms with Gasteiger partial charge in [-0.1, -0.05) is 11.6 Å². The first-order chi connectivity index (χ1) is 12.9. The second-order valence-corrected chi connectivity index (χ2v) is 6.28. The number of nitrogens with zero attached hydrogens (tertiary/aromatic N) is 1. The first-order valence-electron chi connectivity index (χ1n) is 8.27. The molecule has 2 aromatic carbocycles. The molecular formula is C20H17ClN2O4. The lowest BCUT2D eigenvalue weighted by molar-refractivity contribution is 0.0600. The molecule has 27 heavy (non-hydrogen) atoms. The van der Waals surface area contributed by atoms with E-state index in [0.29, 0.717) is 33.7 Å². The summed E-state index contributed by atoms with van der Waals surface area (Å²) in [5.74, 6) is -1.000. The van der Waals surface area contributed by atoms with Crippen LogP contribution in [0.4, 0.5) is 5.69 Å². The summed E-state index contributed by atoms with van der Waals surface area (Å²) in [7, 11) is 1.29. The number of halogens is 1. The summed E-state index contributed by atoms with van der Waals surface area (Å²) in [5.41, 5.74) is 1.17. The predicted molar refractivity (Wildman–Crippen MR) is 105 cm³/mol. The van der Waals surface area contributed by atoms with Gasteiger partial charge in [-0.2, -0.15) is 0 Å². The average molecular weight is 385 g/mol. The summed E-state index contributed by atoms with van der Waals surface area (Å²) in [4.78, 5) is 36.9. The number of esters is 1. The molecule has 0 aliphatic rings. The van der Waals surface area contributed by atoms with E-state index < -0.39 is 11.9 Å². The Balaban J connectivity index is 1.97. The molecule has 0 aliphatic heterocycles. The van der Waals surface area contributed by atoms with E-state index in [2.05, 4.69) is 10.1 Å². The van der Waals surface area contributed by atoms with E-state index >= 15 is 0 Å². The van der Waals surface area contributed by atoms with Crippen molar-refractivity contribution in [1.82, 2.24) is 4.57 Å². The third-order valence-corrected chi connectivity index (χ3v) is 4.43. The molecule has 7 heteroatoms. The number of nitrogens with one attached hydrogen (secondary N) is 1. The van der Waals surface area contributed by atoms with Gasteiger partial charge in [0.2, 0.25) is 5.43 Å². The average Bonchev–Trinajstić information content (AvgIpc) is 2.68. The van der Waals surface area contributed by atoms with Crippen LogP contribution in [0.1, 0.15) is 27.6 Å². The monoisotopic (exact) mass is 384 g/mol. The zero-order chi connectivity index (χ0) is 19.6. The quantitative estimate of drug-likeness (QED) is 0.695. The van der Waals surface area contributed by atoms with Crippen LogP contribution in [0.15, 0.2) is 53.5 Å². The number of anilines is 1. The molecule has 138 valence electrons. The number of amides is 1. The summed E-state index contributed by atoms with van der Waals surface area (Å²) in [6.07, 6.45) is 1.54. The largest absolute Gasteiger partial charge is 0.465 e. The van der Waals surface area contributed by atoms with Gasteiger partial charge in [-0.05, 0) is 49.4 Å². The Morgan fingerprint density at radius 1 is 1.15 bits per heavy atom. The SMILES string of the molecule is CCn1cc(C(=O)Nc2ccc(C(=O)OC)cc2)c(=O)c2cc(Cl)ccc21. The number of rotatable bonds is 4. The molecule has 1 N–H and O–H groups in total. The smallest absolute Gasteiger partial charge is 0.337 e. The van der Waals surface area contributed by atoms with Crippen LogP contribution in [0.5, 0.6) is 0 Å². The number of pyridine rings is 1. The molecule has 1 aromatic heterocycles. The van der Waals surface area contributed by atoms with Crippen molar-refractivity contribution in [2.24, 2.45) is 0 Å². The Kier molecular flexibility index (Phi) is 5.28. The maximum absolute atomic E-state index is 12.8. The van der Waals surface area contributed by atoms with E-state index in [0.717, 1.165) is 0 Å². The van der Waals surface area contributed by atoms with Crippen molar-refractivity contribution in [1.29, 1.82) is 0 Å². The molecule has 6 nitrogen and oxygen atoms in total. The Labute approximate surface area is 160 Å². The van der Waals surface area contributed by atoms with Crippen molar-refractivity contribution < 1.29 is 14.3 Å². The van der Waals surface area contributed by atoms with Crippen LogP contribution in [0.25, 0.3) is 10.9 Å². The topological polar surface area (TPSA) is 77.4 Å². The fraction of sp³-hybridized carbons (Fsp3) is 0.150. The highest BCUT2D eigenvalue weighted by molar-refractivity contribution is 6.31. The lowest BCUT2D eigenvalue weighted by Gasteiger charge is -2.12. The molecule has 0 unspecified atom stereocenters. The Morgan fingerprint density at radius 2 is 1.85 bits per heavy atom. The van der Waals surface area contributed by atoms with Gasteiger partial charge in [0, 0.05) is 28.8 Å². The van der Waals surface area contributed by atoms with Gasteiger partial charge < -0.3 is 14.6 Å². The molecule has 0 aliphatic carbocycles. The number of carbonyl (C=O) groups excluding carboxylic acids is 2. The number of benzene rings is 2. The normalized spacial score (nSPS) is 10.6. The fourth-order valence-electron chi connectivity index (χ4n) is 2.80. The van der Waals surface area contributed by atoms with Crippen molar-refractivity contribution in [3.05, 3.63) is 75.0 Å². The summed E-state index contributed by atoms with van der Waals surface area (Å²) in [6, 6.07) is 11.2. The second kappa shape index (κ2) is 7.63. The molecule has 0 atom stereocenters. The van der Waals surface area contributed by atoms with Crippen LogP contribution >= 0.6 is 11.6 Å². The number of hydrogen-bond acceptors (Lipinski definition) is 4. The van der Waals surface area contributed by atoms with Gasteiger partial charge in [0.15, 0.2) is 0 Å². The summed E-state index contributed by atoms with van der Waals surface area (Å²) in [5, 5.41) is 3.49. The first kappa shape index (κ1) is 18.7. The van der Waals surface area contributed by atoms with Crippen LogP contribution < -0.4 is 10.7 Å². The predicted octanol–water partition coefficient (Wildman–Crippen LogP) is 3.71. The third kappa shape index (κ3) is 3.71. The number of aromatic nitrogens is 1. The van der Waals surface area contributed by atoms with Crippen LogP contribution in [0.2, 0.25) is 5.02 Å². The minimum atomic E-state index is -0.533. The number of aryl methyl sites for hydroxylation is 1. The number of methoxy groups -OCH3 is 1. The zero-order valence-corrected chi connectivity index (χ0v) is 15.5. The van der Waals surface area contributed by atoms with E-state index in [1.807, 2.05) is 11.5 Å². The maximum Gasteiger partial charge on any atom is 0.337 e. The minimum Gasteiger partial charge on any atom is -0.465 e. The molecule has 0 radical (unpaired) electrons. The van der Waals surface area contributed by atoms with Gasteiger partial charge in [0.25, 0.3) is 5.91 Å². The van der Waals surface area contributed by atoms with Gasteiger partial charge in [0.05, 0.1) is 18.2 Å². The molecule has 0 fully saturated rings. The maximum atomic E-state index is 12.8. The van der Waals surface area contributed by atoms with E-state index in [1.54, 1.807) is 30.3 Å². The molecule has 3 rings (SSSR count). The zero-order valence-electron chi connectivity index (χ0n) is 14.8. The Hall–Kier alpha value is -3.12. The number of ether oxygens (including phenoxy) is 1. The molecule has 0 saturated carbocycles. The lowest BCUT2D eigenvalue weighted by atomic mass is 10.1. The van der Waals surface area contributed by atoms with E-state index in [4.69, 9.17) is 11.6 Å². The molecule has 0 saturated heterocycles. The summed E-state index contributed by atoms with van der Waals surface area (Å²) in [6.45, 7) is 2.51. The van der Waals surface area contributed by atoms with E-state index in [9.17, 15) is 14.4 Å². The standard InChI is InChI=1S/C20H17ClN2O4/c1-3-23-11-16(18(24)15-10-13(21)6-9-17(15)23)19(25)22-14-7-4-12(5-8-14)20(26)27-2/h4-11H,3H2,1-2H3,(H,22,25). The van der Waals surface area contributed by atoms with Crippen molar-refractivity contribution in [2.75, 3.05) is 12.4 Å². The van der Waals surface area contributed by atoms with E-state index in [-0.39, 0.29) is 11.0 Å². The lowest BCUT2D eigenvalue weighted by Crippen LogP contribution is -2.24. The molecule has 3 aromatic rings. The Morgan fingerprint density at radius 3 is 2.48 bits per heavy atom. The van der Waals surface area contributed by atoms with E-state index in [1.165, 1.54) is 25.4 Å². The highest BCUT2D eigenvalue weighted by Crippen LogP contribution is 2.18. The van der Waals surface area contributed by atoms with Gasteiger partial charge >= 0.3 is 5.97 Å². The highest BCUT2D eigenvalue weighted by Gasteiger charge is 2.16. The second-order valence-electron chi connectivity index (χ2n) is 5.84. The Bertz CT molecular complexity index is 1090. The van der Waals surface area contributed by atoms with Crippen molar-refractivity contribution in [3.63, 3.8) is 0 Å². The highest BCUT2D eigenvalue weighted by atomic mass is 35.5. The molecule has 0 spiro atoms. The van der Waals surface area contributed by atoms with Crippen LogP contribution in [-0.2, 0) is 11.3 Å². The number of carbonyl (C=O) groups is 2. The van der Waals surface area contributed by atoms with Crippen LogP contribution in [-0.4, -0.2) is 23.6 Å². The number of hydrogen-bond donors (Lipinski definition) is 1. The number of fused-ring (bicyclic) bond motifs is 1. The molecule has 1 heterocycles. The van der Waals surface area contributed by atoms with Crippen molar-refractivity contribution >= 4 is 40.1 Å². The van der Waals surface area contributed by atoms with Gasteiger partial charge in [-0.25, -0.2) is 4.79 Å². The third-order valence-electron chi connectivity index (χ3n) is 4.19. The molecule has 1 amide bonds. The van der Waals surface area contributed by atoms with Gasteiger partial charge in [-0.3, -0.25) is 9.59 Å². The fourth-order valence-corrected chi connectivity index (χ4v) is 2.97.